The fourth-order valence-corrected chi connectivity index (χ4v) is 1.88. The molecular formula is C10H9BrF2O2. The number of alkyl halides is 2. The molecular weight excluding hydrogens is 270 g/mol. The van der Waals surface area contributed by atoms with Gasteiger partial charge in [0.25, 0.3) is 0 Å². The SMILES string of the molecule is O=C(O)CC(c1ccccc1Br)C(F)F. The van der Waals surface area contributed by atoms with Gasteiger partial charge in [0.2, 0.25) is 6.43 Å². The Labute approximate surface area is 94.0 Å². The van der Waals surface area contributed by atoms with Crippen molar-refractivity contribution in [1.82, 2.24) is 0 Å². The average Bonchev–Trinajstić information content (AvgIpc) is 2.15. The predicted octanol–water partition coefficient (Wildman–Crippen LogP) is 3.27. The first kappa shape index (κ1) is 12.1. The summed E-state index contributed by atoms with van der Waals surface area (Å²) in [6.07, 6.45) is -3.25. The van der Waals surface area contributed by atoms with Crippen LogP contribution in [-0.2, 0) is 4.79 Å². The number of rotatable bonds is 4. The molecule has 0 saturated carbocycles. The van der Waals surface area contributed by atoms with Gasteiger partial charge in [-0.05, 0) is 11.6 Å². The van der Waals surface area contributed by atoms with E-state index in [4.69, 9.17) is 5.11 Å². The van der Waals surface area contributed by atoms with Crippen molar-refractivity contribution in [2.45, 2.75) is 18.8 Å². The lowest BCUT2D eigenvalue weighted by atomic mass is 9.96. The van der Waals surface area contributed by atoms with E-state index in [1.807, 2.05) is 0 Å². The smallest absolute Gasteiger partial charge is 0.304 e. The van der Waals surface area contributed by atoms with E-state index in [9.17, 15) is 13.6 Å². The molecule has 0 spiro atoms. The van der Waals surface area contributed by atoms with Crippen molar-refractivity contribution >= 4 is 21.9 Å². The molecule has 0 amide bonds. The molecule has 2 nitrogen and oxygen atoms in total. The highest BCUT2D eigenvalue weighted by Gasteiger charge is 2.26. The Morgan fingerprint density at radius 3 is 2.47 bits per heavy atom. The Balaban J connectivity index is 2.99. The molecule has 1 aromatic rings. The van der Waals surface area contributed by atoms with Crippen LogP contribution in [0.3, 0.4) is 0 Å². The van der Waals surface area contributed by atoms with Gasteiger partial charge in [0.1, 0.15) is 0 Å². The van der Waals surface area contributed by atoms with Crippen LogP contribution in [0, 0.1) is 0 Å². The monoisotopic (exact) mass is 278 g/mol. The summed E-state index contributed by atoms with van der Waals surface area (Å²) >= 11 is 3.13. The van der Waals surface area contributed by atoms with Gasteiger partial charge in [-0.15, -0.1) is 0 Å². The summed E-state index contributed by atoms with van der Waals surface area (Å²) in [4.78, 5) is 10.5. The van der Waals surface area contributed by atoms with Crippen molar-refractivity contribution in [2.75, 3.05) is 0 Å². The second-order valence-electron chi connectivity index (χ2n) is 3.06. The summed E-state index contributed by atoms with van der Waals surface area (Å²) in [5.41, 5.74) is 0.329. The van der Waals surface area contributed by atoms with Gasteiger partial charge >= 0.3 is 5.97 Å². The average molecular weight is 279 g/mol. The maximum atomic E-state index is 12.6. The van der Waals surface area contributed by atoms with E-state index in [0.717, 1.165) is 0 Å². The van der Waals surface area contributed by atoms with Gasteiger partial charge in [-0.2, -0.15) is 0 Å². The number of hydrogen-bond donors (Lipinski definition) is 1. The molecule has 0 aromatic heterocycles. The molecule has 82 valence electrons. The first-order valence-electron chi connectivity index (χ1n) is 4.26. The summed E-state index contributed by atoms with van der Waals surface area (Å²) in [6.45, 7) is 0. The molecule has 0 bridgehead atoms. The molecule has 0 fully saturated rings. The summed E-state index contributed by atoms with van der Waals surface area (Å²) in [7, 11) is 0. The minimum Gasteiger partial charge on any atom is -0.481 e. The van der Waals surface area contributed by atoms with E-state index >= 15 is 0 Å². The Bertz CT molecular complexity index is 355. The van der Waals surface area contributed by atoms with Gasteiger partial charge in [-0.1, -0.05) is 34.1 Å². The second kappa shape index (κ2) is 5.21. The van der Waals surface area contributed by atoms with Crippen molar-refractivity contribution in [3.63, 3.8) is 0 Å². The number of benzene rings is 1. The molecule has 1 unspecified atom stereocenters. The first-order chi connectivity index (χ1) is 7.02. The Morgan fingerprint density at radius 1 is 1.40 bits per heavy atom. The maximum absolute atomic E-state index is 12.6. The zero-order chi connectivity index (χ0) is 11.4. The molecule has 0 heterocycles. The number of carboxylic acid groups (broad SMARTS) is 1. The Hall–Kier alpha value is -0.970. The summed E-state index contributed by atoms with van der Waals surface area (Å²) < 4.78 is 25.8. The number of carbonyl (C=O) groups is 1. The van der Waals surface area contributed by atoms with Crippen LogP contribution in [0.25, 0.3) is 0 Å². The molecule has 0 aliphatic carbocycles. The molecule has 1 N–H and O–H groups in total. The summed E-state index contributed by atoms with van der Waals surface area (Å²) in [6, 6.07) is 6.42. The maximum Gasteiger partial charge on any atom is 0.304 e. The van der Waals surface area contributed by atoms with E-state index in [0.29, 0.717) is 10.0 Å². The fourth-order valence-electron chi connectivity index (χ4n) is 1.30. The highest BCUT2D eigenvalue weighted by Crippen LogP contribution is 2.32. The number of hydrogen-bond acceptors (Lipinski definition) is 1. The van der Waals surface area contributed by atoms with E-state index in [-0.39, 0.29) is 0 Å². The van der Waals surface area contributed by atoms with Gasteiger partial charge in [0.05, 0.1) is 12.3 Å². The van der Waals surface area contributed by atoms with Crippen LogP contribution in [0.1, 0.15) is 17.9 Å². The van der Waals surface area contributed by atoms with Crippen molar-refractivity contribution in [3.05, 3.63) is 34.3 Å². The minimum absolute atomic E-state index is 0.329. The van der Waals surface area contributed by atoms with Gasteiger partial charge < -0.3 is 5.11 Å². The lowest BCUT2D eigenvalue weighted by molar-refractivity contribution is -0.138. The van der Waals surface area contributed by atoms with Crippen molar-refractivity contribution < 1.29 is 18.7 Å². The normalized spacial score (nSPS) is 12.8. The summed E-state index contributed by atoms with van der Waals surface area (Å²) in [5, 5.41) is 8.54. The van der Waals surface area contributed by atoms with Gasteiger partial charge in [0.15, 0.2) is 0 Å². The topological polar surface area (TPSA) is 37.3 Å². The highest BCUT2D eigenvalue weighted by molar-refractivity contribution is 9.10. The highest BCUT2D eigenvalue weighted by atomic mass is 79.9. The molecule has 5 heteroatoms. The number of halogens is 3. The second-order valence-corrected chi connectivity index (χ2v) is 3.91. The first-order valence-corrected chi connectivity index (χ1v) is 5.06. The molecule has 15 heavy (non-hydrogen) atoms. The third kappa shape index (κ3) is 3.27. The zero-order valence-electron chi connectivity index (χ0n) is 7.66. The van der Waals surface area contributed by atoms with Gasteiger partial charge in [-0.3, -0.25) is 4.79 Å². The van der Waals surface area contributed by atoms with Crippen molar-refractivity contribution in [2.24, 2.45) is 0 Å². The molecule has 1 aromatic carbocycles. The largest absolute Gasteiger partial charge is 0.481 e. The van der Waals surface area contributed by atoms with Crippen LogP contribution in [0.5, 0.6) is 0 Å². The minimum atomic E-state index is -2.68. The van der Waals surface area contributed by atoms with Crippen LogP contribution >= 0.6 is 15.9 Å². The quantitative estimate of drug-likeness (QED) is 0.918. The van der Waals surface area contributed by atoms with Crippen LogP contribution in [-0.4, -0.2) is 17.5 Å². The molecule has 0 saturated heterocycles. The third-order valence-corrected chi connectivity index (χ3v) is 2.73. The molecule has 1 rings (SSSR count). The number of aliphatic carboxylic acids is 1. The standard InChI is InChI=1S/C10H9BrF2O2/c11-8-4-2-1-3-6(8)7(10(12)13)5-9(14)15/h1-4,7,10H,5H2,(H,14,15). The lowest BCUT2D eigenvalue weighted by Gasteiger charge is -2.15. The van der Waals surface area contributed by atoms with E-state index in [1.165, 1.54) is 6.07 Å². The molecule has 0 radical (unpaired) electrons. The molecule has 0 aliphatic rings. The van der Waals surface area contributed by atoms with Gasteiger partial charge in [-0.25, -0.2) is 8.78 Å². The Kier molecular flexibility index (Phi) is 4.20. The lowest BCUT2D eigenvalue weighted by Crippen LogP contribution is -2.14. The predicted molar refractivity (Wildman–Crippen MR) is 55.1 cm³/mol. The van der Waals surface area contributed by atoms with Crippen molar-refractivity contribution in [3.8, 4) is 0 Å². The van der Waals surface area contributed by atoms with Crippen LogP contribution in [0.15, 0.2) is 28.7 Å². The van der Waals surface area contributed by atoms with Crippen LogP contribution in [0.4, 0.5) is 8.78 Å². The van der Waals surface area contributed by atoms with Crippen LogP contribution in [0.2, 0.25) is 0 Å². The van der Waals surface area contributed by atoms with Gasteiger partial charge in [0, 0.05) is 4.47 Å². The fraction of sp³-hybridized carbons (Fsp3) is 0.300. The van der Waals surface area contributed by atoms with E-state index in [1.54, 1.807) is 18.2 Å². The third-order valence-electron chi connectivity index (χ3n) is 2.00. The molecule has 0 aliphatic heterocycles. The van der Waals surface area contributed by atoms with Crippen LogP contribution < -0.4 is 0 Å². The summed E-state index contributed by atoms with van der Waals surface area (Å²) in [5.74, 6) is -2.49. The zero-order valence-corrected chi connectivity index (χ0v) is 9.25. The van der Waals surface area contributed by atoms with Crippen molar-refractivity contribution in [1.29, 1.82) is 0 Å². The molecule has 1 atom stereocenters. The van der Waals surface area contributed by atoms with E-state index in [2.05, 4.69) is 15.9 Å². The van der Waals surface area contributed by atoms with E-state index < -0.39 is 24.7 Å². The number of carboxylic acids is 1. The Morgan fingerprint density at radius 2 is 2.00 bits per heavy atom.